The SMILES string of the molecule is CCCOC(=O)C=C(C#N)c1ccccc1C. The van der Waals surface area contributed by atoms with Gasteiger partial charge in [-0.25, -0.2) is 4.79 Å². The maximum Gasteiger partial charge on any atom is 0.332 e. The lowest BCUT2D eigenvalue weighted by Gasteiger charge is -2.03. The Bertz CT molecular complexity index is 469. The highest BCUT2D eigenvalue weighted by molar-refractivity contribution is 5.95. The van der Waals surface area contributed by atoms with Crippen molar-refractivity contribution in [1.29, 1.82) is 5.26 Å². The summed E-state index contributed by atoms with van der Waals surface area (Å²) in [7, 11) is 0. The molecule has 1 rings (SSSR count). The summed E-state index contributed by atoms with van der Waals surface area (Å²) in [5.74, 6) is -0.466. The van der Waals surface area contributed by atoms with Gasteiger partial charge in [-0.2, -0.15) is 5.26 Å². The normalized spacial score (nSPS) is 10.8. The van der Waals surface area contributed by atoms with Gasteiger partial charge in [0.05, 0.1) is 12.2 Å². The first-order chi connectivity index (χ1) is 8.19. The van der Waals surface area contributed by atoms with Gasteiger partial charge in [0.25, 0.3) is 0 Å². The predicted octanol–water partition coefficient (Wildman–Crippen LogP) is 2.86. The fourth-order valence-electron chi connectivity index (χ4n) is 1.41. The molecule has 88 valence electrons. The molecule has 0 radical (unpaired) electrons. The first kappa shape index (κ1) is 13.0. The van der Waals surface area contributed by atoms with Crippen molar-refractivity contribution < 1.29 is 9.53 Å². The standard InChI is InChI=1S/C14H15NO2/c1-3-8-17-14(16)9-12(10-15)13-7-5-4-6-11(13)2/h4-7,9H,3,8H2,1-2H3. The topological polar surface area (TPSA) is 50.1 Å². The number of nitrogens with zero attached hydrogens (tertiary/aromatic N) is 1. The summed E-state index contributed by atoms with van der Waals surface area (Å²) in [5.41, 5.74) is 2.07. The van der Waals surface area contributed by atoms with E-state index in [-0.39, 0.29) is 0 Å². The van der Waals surface area contributed by atoms with Crippen molar-refractivity contribution in [2.45, 2.75) is 20.3 Å². The van der Waals surface area contributed by atoms with E-state index in [0.717, 1.165) is 17.5 Å². The number of esters is 1. The number of ether oxygens (including phenoxy) is 1. The molecular weight excluding hydrogens is 214 g/mol. The molecule has 0 spiro atoms. The van der Waals surface area contributed by atoms with Gasteiger partial charge < -0.3 is 4.74 Å². The van der Waals surface area contributed by atoms with Crippen LogP contribution in [-0.4, -0.2) is 12.6 Å². The third-order valence-electron chi connectivity index (χ3n) is 2.27. The fraction of sp³-hybridized carbons (Fsp3) is 0.286. The Morgan fingerprint density at radius 2 is 2.18 bits per heavy atom. The lowest BCUT2D eigenvalue weighted by Crippen LogP contribution is -2.02. The van der Waals surface area contributed by atoms with Crippen LogP contribution in [-0.2, 0) is 9.53 Å². The molecule has 1 aromatic carbocycles. The van der Waals surface area contributed by atoms with Gasteiger partial charge in [-0.3, -0.25) is 0 Å². The molecule has 1 aromatic rings. The van der Waals surface area contributed by atoms with Crippen molar-refractivity contribution in [3.05, 3.63) is 41.5 Å². The Hall–Kier alpha value is -2.08. The molecule has 3 heteroatoms. The molecule has 0 bridgehead atoms. The summed E-state index contributed by atoms with van der Waals surface area (Å²) in [6.07, 6.45) is 2.02. The van der Waals surface area contributed by atoms with Gasteiger partial charge >= 0.3 is 5.97 Å². The molecule has 0 aliphatic carbocycles. The second-order valence-electron chi connectivity index (χ2n) is 3.65. The number of rotatable bonds is 4. The van der Waals surface area contributed by atoms with Crippen LogP contribution in [0, 0.1) is 18.3 Å². The first-order valence-electron chi connectivity index (χ1n) is 5.53. The number of carbonyl (C=O) groups is 1. The van der Waals surface area contributed by atoms with Gasteiger partial charge in [-0.15, -0.1) is 0 Å². The molecule has 0 aliphatic heterocycles. The average molecular weight is 229 g/mol. The summed E-state index contributed by atoms with van der Waals surface area (Å²) < 4.78 is 4.92. The lowest BCUT2D eigenvalue weighted by molar-refractivity contribution is -0.137. The van der Waals surface area contributed by atoms with Crippen LogP contribution in [0.2, 0.25) is 0 Å². The fourth-order valence-corrected chi connectivity index (χ4v) is 1.41. The largest absolute Gasteiger partial charge is 0.463 e. The monoisotopic (exact) mass is 229 g/mol. The predicted molar refractivity (Wildman–Crippen MR) is 66.0 cm³/mol. The van der Waals surface area contributed by atoms with E-state index in [4.69, 9.17) is 10.00 Å². The summed E-state index contributed by atoms with van der Waals surface area (Å²) >= 11 is 0. The van der Waals surface area contributed by atoms with E-state index in [1.165, 1.54) is 6.08 Å². The number of allylic oxidation sites excluding steroid dienone is 1. The molecule has 3 nitrogen and oxygen atoms in total. The highest BCUT2D eigenvalue weighted by Crippen LogP contribution is 2.17. The molecule has 0 amide bonds. The molecule has 0 saturated carbocycles. The van der Waals surface area contributed by atoms with Gasteiger partial charge in [0.15, 0.2) is 0 Å². The highest BCUT2D eigenvalue weighted by atomic mass is 16.5. The molecule has 0 unspecified atom stereocenters. The maximum atomic E-state index is 11.4. The van der Waals surface area contributed by atoms with E-state index in [0.29, 0.717) is 12.2 Å². The second-order valence-corrected chi connectivity index (χ2v) is 3.65. The van der Waals surface area contributed by atoms with E-state index in [9.17, 15) is 4.79 Å². The summed E-state index contributed by atoms with van der Waals surface area (Å²) in [6, 6.07) is 9.47. The van der Waals surface area contributed by atoms with Crippen molar-refractivity contribution in [3.8, 4) is 6.07 Å². The Labute approximate surface area is 101 Å². The van der Waals surface area contributed by atoms with Crippen molar-refractivity contribution in [3.63, 3.8) is 0 Å². The maximum absolute atomic E-state index is 11.4. The molecular formula is C14H15NO2. The van der Waals surface area contributed by atoms with Crippen LogP contribution < -0.4 is 0 Å². The minimum atomic E-state index is -0.466. The van der Waals surface area contributed by atoms with Crippen LogP contribution in [0.25, 0.3) is 5.57 Å². The van der Waals surface area contributed by atoms with Crippen LogP contribution in [0.4, 0.5) is 0 Å². The van der Waals surface area contributed by atoms with Crippen LogP contribution in [0.1, 0.15) is 24.5 Å². The van der Waals surface area contributed by atoms with E-state index in [1.807, 2.05) is 44.2 Å². The number of hydrogen-bond donors (Lipinski definition) is 0. The van der Waals surface area contributed by atoms with Gasteiger partial charge in [0, 0.05) is 6.08 Å². The number of nitriles is 1. The zero-order valence-electron chi connectivity index (χ0n) is 10.1. The van der Waals surface area contributed by atoms with Gasteiger partial charge in [0.2, 0.25) is 0 Å². The highest BCUT2D eigenvalue weighted by Gasteiger charge is 2.07. The van der Waals surface area contributed by atoms with Crippen molar-refractivity contribution in [2.24, 2.45) is 0 Å². The molecule has 0 saturated heterocycles. The van der Waals surface area contributed by atoms with Crippen LogP contribution in [0.5, 0.6) is 0 Å². The van der Waals surface area contributed by atoms with Crippen molar-refractivity contribution in [1.82, 2.24) is 0 Å². The third-order valence-corrected chi connectivity index (χ3v) is 2.27. The summed E-state index contributed by atoms with van der Waals surface area (Å²) in [6.45, 7) is 4.20. The molecule has 0 fully saturated rings. The number of hydrogen-bond acceptors (Lipinski definition) is 3. The second kappa shape index (κ2) is 6.49. The average Bonchev–Trinajstić information content (AvgIpc) is 2.34. The van der Waals surface area contributed by atoms with Gasteiger partial charge in [0.1, 0.15) is 6.07 Å². The Kier molecular flexibility index (Phi) is 4.96. The summed E-state index contributed by atoms with van der Waals surface area (Å²) in [4.78, 5) is 11.4. The van der Waals surface area contributed by atoms with Gasteiger partial charge in [-0.1, -0.05) is 31.2 Å². The Morgan fingerprint density at radius 1 is 1.47 bits per heavy atom. The molecule has 0 aliphatic rings. The summed E-state index contributed by atoms with van der Waals surface area (Å²) in [5, 5.41) is 9.05. The molecule has 0 heterocycles. The third kappa shape index (κ3) is 3.76. The number of aryl methyl sites for hydroxylation is 1. The Balaban J connectivity index is 2.93. The van der Waals surface area contributed by atoms with E-state index >= 15 is 0 Å². The smallest absolute Gasteiger partial charge is 0.332 e. The van der Waals surface area contributed by atoms with Crippen LogP contribution in [0.3, 0.4) is 0 Å². The van der Waals surface area contributed by atoms with Gasteiger partial charge in [-0.05, 0) is 24.5 Å². The minimum Gasteiger partial charge on any atom is -0.463 e. The zero-order valence-corrected chi connectivity index (χ0v) is 10.1. The quantitative estimate of drug-likeness (QED) is 0.453. The van der Waals surface area contributed by atoms with Crippen LogP contribution >= 0.6 is 0 Å². The molecule has 17 heavy (non-hydrogen) atoms. The molecule has 0 N–H and O–H groups in total. The van der Waals surface area contributed by atoms with Crippen molar-refractivity contribution in [2.75, 3.05) is 6.61 Å². The lowest BCUT2D eigenvalue weighted by atomic mass is 10.0. The van der Waals surface area contributed by atoms with Crippen LogP contribution in [0.15, 0.2) is 30.3 Å². The Morgan fingerprint density at radius 3 is 2.76 bits per heavy atom. The first-order valence-corrected chi connectivity index (χ1v) is 5.53. The zero-order chi connectivity index (χ0) is 12.7. The molecule has 0 aromatic heterocycles. The van der Waals surface area contributed by atoms with E-state index in [1.54, 1.807) is 0 Å². The van der Waals surface area contributed by atoms with E-state index < -0.39 is 5.97 Å². The van der Waals surface area contributed by atoms with Crippen molar-refractivity contribution >= 4 is 11.5 Å². The molecule has 0 atom stereocenters. The number of benzene rings is 1. The van der Waals surface area contributed by atoms with E-state index in [2.05, 4.69) is 0 Å². The minimum absolute atomic E-state index is 0.337. The number of carbonyl (C=O) groups excluding carboxylic acids is 1.